The fourth-order valence-electron chi connectivity index (χ4n) is 4.10. The van der Waals surface area contributed by atoms with Crippen molar-refractivity contribution in [2.45, 2.75) is 58.3 Å². The molecule has 28 heavy (non-hydrogen) atoms. The van der Waals surface area contributed by atoms with E-state index in [9.17, 15) is 18.8 Å². The summed E-state index contributed by atoms with van der Waals surface area (Å²) in [4.78, 5) is 36.9. The average molecular weight is 388 g/mol. The molecule has 0 spiro atoms. The van der Waals surface area contributed by atoms with Gasteiger partial charge in [0, 0.05) is 12.5 Å². The molecule has 1 heterocycles. The van der Waals surface area contributed by atoms with Crippen molar-refractivity contribution >= 4 is 22.7 Å². The third kappa shape index (κ3) is 4.66. The summed E-state index contributed by atoms with van der Waals surface area (Å²) in [6.45, 7) is 2.12. The normalized spacial score (nSPS) is 16.1. The Morgan fingerprint density at radius 3 is 2.64 bits per heavy atom. The fourth-order valence-corrected chi connectivity index (χ4v) is 4.10. The minimum Gasteiger partial charge on any atom is -0.466 e. The zero-order valence-corrected chi connectivity index (χ0v) is 16.1. The average Bonchev–Trinajstić information content (AvgIpc) is 2.67. The van der Waals surface area contributed by atoms with Crippen LogP contribution < -0.4 is 5.43 Å². The number of carbonyl (C=O) groups excluding carboxylic acids is 2. The Hall–Kier alpha value is -2.50. The van der Waals surface area contributed by atoms with E-state index in [0.29, 0.717) is 19.4 Å². The lowest BCUT2D eigenvalue weighted by Crippen LogP contribution is -2.29. The quantitative estimate of drug-likeness (QED) is 0.503. The van der Waals surface area contributed by atoms with Gasteiger partial charge >= 0.3 is 5.97 Å². The number of carbonyl (C=O) groups is 2. The minimum atomic E-state index is -0.530. The summed E-state index contributed by atoms with van der Waals surface area (Å²) < 4.78 is 24.0. The monoisotopic (exact) mass is 388 g/mol. The number of hydrogen-bond acceptors (Lipinski definition) is 5. The number of hydrogen-bond donors (Lipinski definition) is 0. The van der Waals surface area contributed by atoms with Crippen molar-refractivity contribution in [2.75, 3.05) is 6.61 Å². The van der Waals surface area contributed by atoms with Gasteiger partial charge < -0.3 is 9.15 Å². The Kier molecular flexibility index (Phi) is 6.27. The fraction of sp³-hybridized carbons (Fsp3) is 0.500. The van der Waals surface area contributed by atoms with Gasteiger partial charge in [0.25, 0.3) is 0 Å². The molecule has 1 aromatic carbocycles. The Morgan fingerprint density at radius 2 is 1.93 bits per heavy atom. The SMILES string of the molecule is CCOC(=O)CC1(CCC(=O)c2cc(=O)c3cc(F)ccc3o2)CCCCC1. The van der Waals surface area contributed by atoms with Gasteiger partial charge in [0.2, 0.25) is 0 Å². The highest BCUT2D eigenvalue weighted by Gasteiger charge is 2.35. The number of ether oxygens (including phenoxy) is 1. The first-order valence-electron chi connectivity index (χ1n) is 9.85. The molecule has 1 aliphatic rings. The molecule has 0 aliphatic heterocycles. The van der Waals surface area contributed by atoms with Crippen molar-refractivity contribution < 1.29 is 23.1 Å². The largest absolute Gasteiger partial charge is 0.466 e. The van der Waals surface area contributed by atoms with Gasteiger partial charge in [0.15, 0.2) is 17.0 Å². The maximum atomic E-state index is 13.3. The van der Waals surface area contributed by atoms with Crippen molar-refractivity contribution in [3.8, 4) is 0 Å². The van der Waals surface area contributed by atoms with E-state index in [-0.39, 0.29) is 40.3 Å². The van der Waals surface area contributed by atoms with Gasteiger partial charge in [-0.25, -0.2) is 4.39 Å². The maximum Gasteiger partial charge on any atom is 0.306 e. The van der Waals surface area contributed by atoms with Crippen LogP contribution in [0.4, 0.5) is 4.39 Å². The van der Waals surface area contributed by atoms with Crippen molar-refractivity contribution in [2.24, 2.45) is 5.41 Å². The molecule has 1 fully saturated rings. The lowest BCUT2D eigenvalue weighted by Gasteiger charge is -2.36. The zero-order chi connectivity index (χ0) is 20.1. The number of ketones is 1. The van der Waals surface area contributed by atoms with Crippen LogP contribution >= 0.6 is 0 Å². The van der Waals surface area contributed by atoms with Crippen LogP contribution in [-0.4, -0.2) is 18.4 Å². The van der Waals surface area contributed by atoms with Crippen molar-refractivity contribution in [1.29, 1.82) is 0 Å². The first-order valence-corrected chi connectivity index (χ1v) is 9.85. The van der Waals surface area contributed by atoms with Gasteiger partial charge in [-0.15, -0.1) is 0 Å². The number of halogens is 1. The lowest BCUT2D eigenvalue weighted by atomic mass is 9.69. The number of fused-ring (bicyclic) bond motifs is 1. The second-order valence-corrected chi connectivity index (χ2v) is 7.58. The van der Waals surface area contributed by atoms with Gasteiger partial charge in [-0.1, -0.05) is 19.3 Å². The smallest absolute Gasteiger partial charge is 0.306 e. The van der Waals surface area contributed by atoms with E-state index >= 15 is 0 Å². The molecule has 1 aliphatic carbocycles. The van der Waals surface area contributed by atoms with Crippen LogP contribution in [-0.2, 0) is 9.53 Å². The molecule has 0 unspecified atom stereocenters. The van der Waals surface area contributed by atoms with E-state index in [1.807, 2.05) is 0 Å². The molecule has 0 saturated heterocycles. The summed E-state index contributed by atoms with van der Waals surface area (Å²) in [6.07, 6.45) is 6.03. The summed E-state index contributed by atoms with van der Waals surface area (Å²) in [5.74, 6) is -1.06. The summed E-state index contributed by atoms with van der Waals surface area (Å²) in [5.41, 5.74) is -0.486. The molecule has 150 valence electrons. The number of rotatable bonds is 7. The van der Waals surface area contributed by atoms with Crippen LogP contribution in [0.2, 0.25) is 0 Å². The summed E-state index contributed by atoms with van der Waals surface area (Å²) in [7, 11) is 0. The Morgan fingerprint density at radius 1 is 1.18 bits per heavy atom. The zero-order valence-electron chi connectivity index (χ0n) is 16.1. The molecule has 0 bridgehead atoms. The molecular formula is C22H25FO5. The maximum absolute atomic E-state index is 13.3. The summed E-state index contributed by atoms with van der Waals surface area (Å²) in [6, 6.07) is 4.77. The van der Waals surface area contributed by atoms with Crippen molar-refractivity contribution in [3.63, 3.8) is 0 Å². The molecule has 0 radical (unpaired) electrons. The number of esters is 1. The molecule has 1 aromatic heterocycles. The number of Topliss-reactive ketones (excluding diaryl/α,β-unsaturated/α-hetero) is 1. The first kappa shape index (κ1) is 20.2. The van der Waals surface area contributed by atoms with E-state index in [1.165, 1.54) is 12.1 Å². The van der Waals surface area contributed by atoms with E-state index in [2.05, 4.69) is 0 Å². The van der Waals surface area contributed by atoms with Gasteiger partial charge in [0.05, 0.1) is 18.4 Å². The molecule has 0 atom stereocenters. The van der Waals surface area contributed by atoms with Crippen LogP contribution in [0.3, 0.4) is 0 Å². The van der Waals surface area contributed by atoms with Gasteiger partial charge in [-0.05, 0) is 49.8 Å². The van der Waals surface area contributed by atoms with E-state index in [1.54, 1.807) is 6.92 Å². The molecule has 5 nitrogen and oxygen atoms in total. The topological polar surface area (TPSA) is 73.6 Å². The lowest BCUT2D eigenvalue weighted by molar-refractivity contribution is -0.146. The molecule has 1 saturated carbocycles. The Bertz CT molecular complexity index is 924. The van der Waals surface area contributed by atoms with Gasteiger partial charge in [0.1, 0.15) is 11.4 Å². The van der Waals surface area contributed by atoms with Gasteiger partial charge in [-0.2, -0.15) is 0 Å². The van der Waals surface area contributed by atoms with E-state index in [0.717, 1.165) is 44.2 Å². The Balaban J connectivity index is 1.75. The molecular weight excluding hydrogens is 363 g/mol. The standard InChI is InChI=1S/C22H25FO5/c1-2-27-21(26)14-22(9-4-3-5-10-22)11-8-17(24)20-13-18(25)16-12-15(23)6-7-19(16)28-20/h6-7,12-13H,2-5,8-11,14H2,1H3. The van der Waals surface area contributed by atoms with Crippen molar-refractivity contribution in [1.82, 2.24) is 0 Å². The molecule has 3 rings (SSSR count). The highest BCUT2D eigenvalue weighted by molar-refractivity contribution is 5.94. The highest BCUT2D eigenvalue weighted by atomic mass is 19.1. The molecule has 6 heteroatoms. The predicted molar refractivity (Wildman–Crippen MR) is 103 cm³/mol. The molecule has 0 amide bonds. The minimum absolute atomic E-state index is 0.0220. The van der Waals surface area contributed by atoms with Crippen LogP contribution in [0.1, 0.15) is 68.8 Å². The second-order valence-electron chi connectivity index (χ2n) is 7.58. The number of benzene rings is 1. The van der Waals surface area contributed by atoms with E-state index < -0.39 is 11.2 Å². The van der Waals surface area contributed by atoms with Crippen LogP contribution in [0, 0.1) is 11.2 Å². The predicted octanol–water partition coefficient (Wildman–Crippen LogP) is 4.80. The first-order chi connectivity index (χ1) is 13.4. The summed E-state index contributed by atoms with van der Waals surface area (Å²) in [5, 5.41) is 0.114. The molecule has 2 aromatic rings. The van der Waals surface area contributed by atoms with Crippen LogP contribution in [0.5, 0.6) is 0 Å². The third-order valence-corrected chi connectivity index (χ3v) is 5.59. The van der Waals surface area contributed by atoms with E-state index in [4.69, 9.17) is 9.15 Å². The molecule has 0 N–H and O–H groups in total. The van der Waals surface area contributed by atoms with Crippen LogP contribution in [0.15, 0.2) is 33.5 Å². The Labute approximate surface area is 162 Å². The van der Waals surface area contributed by atoms with Crippen molar-refractivity contribution in [3.05, 3.63) is 46.1 Å². The summed E-state index contributed by atoms with van der Waals surface area (Å²) >= 11 is 0. The van der Waals surface area contributed by atoms with Gasteiger partial charge in [-0.3, -0.25) is 14.4 Å². The van der Waals surface area contributed by atoms with Crippen LogP contribution in [0.25, 0.3) is 11.0 Å². The highest BCUT2D eigenvalue weighted by Crippen LogP contribution is 2.43. The third-order valence-electron chi connectivity index (χ3n) is 5.59. The second kappa shape index (κ2) is 8.67.